The molecular formula is C36H48O7S3. The minimum absolute atomic E-state index is 0.0275. The number of ether oxygens (including phenoxy) is 2. The Bertz CT molecular complexity index is 1380. The van der Waals surface area contributed by atoms with Gasteiger partial charge in [0.15, 0.2) is 11.5 Å². The van der Waals surface area contributed by atoms with E-state index in [1.54, 1.807) is 12.1 Å². The van der Waals surface area contributed by atoms with E-state index in [0.29, 0.717) is 17.9 Å². The largest absolute Gasteiger partial charge is 0.508 e. The molecule has 252 valence electrons. The predicted molar refractivity (Wildman–Crippen MR) is 196 cm³/mol. The van der Waals surface area contributed by atoms with E-state index in [-0.39, 0.29) is 28.2 Å². The molecule has 0 saturated heterocycles. The fourth-order valence-corrected chi connectivity index (χ4v) is 6.40. The van der Waals surface area contributed by atoms with Crippen LogP contribution in [-0.4, -0.2) is 53.2 Å². The molecule has 7 nitrogen and oxygen atoms in total. The van der Waals surface area contributed by atoms with E-state index in [1.165, 1.54) is 60.5 Å². The van der Waals surface area contributed by atoms with E-state index < -0.39 is 10.8 Å². The minimum Gasteiger partial charge on any atom is -0.508 e. The van der Waals surface area contributed by atoms with Crippen LogP contribution in [0.5, 0.6) is 34.5 Å². The summed E-state index contributed by atoms with van der Waals surface area (Å²) in [4.78, 5) is 0. The number of thiocarbonyl (C=S) groups is 2. The van der Waals surface area contributed by atoms with Gasteiger partial charge in [-0.15, -0.1) is 0 Å². The zero-order valence-corrected chi connectivity index (χ0v) is 29.7. The number of phenolic OH excluding ortho intramolecular Hbond substituents is 4. The van der Waals surface area contributed by atoms with Crippen molar-refractivity contribution in [2.75, 3.05) is 12.5 Å². The maximum Gasteiger partial charge on any atom is 0.231 e. The summed E-state index contributed by atoms with van der Waals surface area (Å²) in [6.45, 7) is 8.47. The highest BCUT2D eigenvalue weighted by atomic mass is 32.2. The van der Waals surface area contributed by atoms with Gasteiger partial charge in [0.05, 0.1) is 0 Å². The lowest BCUT2D eigenvalue weighted by atomic mass is 10.1. The maximum absolute atomic E-state index is 12.3. The first-order chi connectivity index (χ1) is 22.1. The first-order valence-corrected chi connectivity index (χ1v) is 18.2. The van der Waals surface area contributed by atoms with E-state index >= 15 is 0 Å². The molecule has 1 aliphatic heterocycles. The zero-order valence-electron chi connectivity index (χ0n) is 27.3. The third-order valence-corrected chi connectivity index (χ3v) is 9.84. The molecule has 0 bridgehead atoms. The first kappa shape index (κ1) is 39.0. The molecule has 0 amide bonds. The molecule has 3 aromatic carbocycles. The Morgan fingerprint density at radius 3 is 1.78 bits per heavy atom. The van der Waals surface area contributed by atoms with E-state index in [2.05, 4.69) is 13.8 Å². The van der Waals surface area contributed by atoms with Gasteiger partial charge in [-0.05, 0) is 66.6 Å². The topological polar surface area (TPSA) is 116 Å². The molecule has 0 spiro atoms. The summed E-state index contributed by atoms with van der Waals surface area (Å²) in [6, 6.07) is 12.0. The van der Waals surface area contributed by atoms with Gasteiger partial charge in [0.2, 0.25) is 6.79 Å². The number of rotatable bonds is 14. The number of fused-ring (bicyclic) bond motifs is 1. The van der Waals surface area contributed by atoms with Gasteiger partial charge in [-0.2, -0.15) is 0 Å². The van der Waals surface area contributed by atoms with Crippen LogP contribution in [-0.2, 0) is 30.1 Å². The average molecular weight is 689 g/mol. The number of hydrogen-bond acceptors (Lipinski definition) is 9. The van der Waals surface area contributed by atoms with Crippen LogP contribution in [0.1, 0.15) is 94.0 Å². The number of benzene rings is 3. The van der Waals surface area contributed by atoms with Gasteiger partial charge in [-0.25, -0.2) is 0 Å². The molecule has 2 atom stereocenters. The van der Waals surface area contributed by atoms with Gasteiger partial charge in [0.1, 0.15) is 23.0 Å². The molecule has 10 heteroatoms. The van der Waals surface area contributed by atoms with Crippen molar-refractivity contribution in [1.82, 2.24) is 0 Å². The van der Waals surface area contributed by atoms with Crippen LogP contribution in [0.3, 0.4) is 0 Å². The molecule has 1 heterocycles. The maximum atomic E-state index is 12.3. The van der Waals surface area contributed by atoms with Gasteiger partial charge >= 0.3 is 0 Å². The highest BCUT2D eigenvalue weighted by molar-refractivity contribution is 7.85. The minimum atomic E-state index is -0.743. The Hall–Kier alpha value is -3.21. The van der Waals surface area contributed by atoms with E-state index in [1.807, 2.05) is 32.0 Å². The van der Waals surface area contributed by atoms with E-state index in [0.717, 1.165) is 54.1 Å². The molecule has 0 saturated carbocycles. The van der Waals surface area contributed by atoms with E-state index in [9.17, 15) is 24.6 Å². The SMILES string of the molecule is CCCCCCCCS(=O)C(C)Cc1ccc2c(c1)OCO2.CCc1cc(C=S)c(O)cc1O.CCc1cc(C=S)c(O)cc1O. The number of unbranched alkanes of at least 4 members (excludes halogenated alkanes) is 5. The van der Waals surface area contributed by atoms with Crippen molar-refractivity contribution in [2.45, 2.75) is 90.7 Å². The highest BCUT2D eigenvalue weighted by Gasteiger charge is 2.16. The second-order valence-electron chi connectivity index (χ2n) is 11.1. The number of aromatic hydroxyl groups is 4. The molecule has 0 aliphatic carbocycles. The Labute approximate surface area is 287 Å². The standard InChI is InChI=1S/C18H28O3S.2C9H10O2S/c1-3-4-5-6-7-8-11-22(19)15(2)12-16-9-10-17-18(13-16)21-14-20-17;2*1-2-6-3-7(5-12)9(11)4-8(6)10/h9-10,13,15H,3-8,11-12,14H2,1-2H3;2*3-5,10-11H,2H2,1H3. The summed E-state index contributed by atoms with van der Waals surface area (Å²) >= 11 is 9.38. The van der Waals surface area contributed by atoms with E-state index in [4.69, 9.17) is 33.9 Å². The monoisotopic (exact) mass is 688 g/mol. The van der Waals surface area contributed by atoms with Crippen molar-refractivity contribution >= 4 is 46.0 Å². The molecule has 0 radical (unpaired) electrons. The van der Waals surface area contributed by atoms with Crippen molar-refractivity contribution in [1.29, 1.82) is 0 Å². The van der Waals surface area contributed by atoms with Gasteiger partial charge in [-0.3, -0.25) is 4.21 Å². The molecule has 4 N–H and O–H groups in total. The lowest BCUT2D eigenvalue weighted by Crippen LogP contribution is -2.16. The average Bonchev–Trinajstić information content (AvgIpc) is 3.51. The van der Waals surface area contributed by atoms with Crippen LogP contribution < -0.4 is 9.47 Å². The molecular weight excluding hydrogens is 641 g/mol. The third-order valence-electron chi connectivity index (χ3n) is 7.58. The van der Waals surface area contributed by atoms with Crippen molar-refractivity contribution in [3.05, 3.63) is 70.3 Å². The molecule has 4 rings (SSSR count). The highest BCUT2D eigenvalue weighted by Crippen LogP contribution is 2.33. The van der Waals surface area contributed by atoms with Gasteiger partial charge in [0, 0.05) is 55.8 Å². The molecule has 0 aromatic heterocycles. The normalized spacial score (nSPS) is 12.6. The van der Waals surface area contributed by atoms with Crippen LogP contribution in [0.25, 0.3) is 0 Å². The molecule has 2 unspecified atom stereocenters. The quantitative estimate of drug-likeness (QED) is 0.0978. The fraction of sp³-hybridized carbons (Fsp3) is 0.444. The second kappa shape index (κ2) is 20.8. The van der Waals surface area contributed by atoms with Crippen molar-refractivity contribution in [2.24, 2.45) is 0 Å². The van der Waals surface area contributed by atoms with Crippen molar-refractivity contribution in [3.63, 3.8) is 0 Å². The van der Waals surface area contributed by atoms with Gasteiger partial charge in [0.25, 0.3) is 0 Å². The third kappa shape index (κ3) is 12.5. The molecule has 3 aromatic rings. The zero-order chi connectivity index (χ0) is 34.1. The van der Waals surface area contributed by atoms with Crippen LogP contribution >= 0.6 is 24.4 Å². The summed E-state index contributed by atoms with van der Waals surface area (Å²) in [7, 11) is -0.743. The smallest absolute Gasteiger partial charge is 0.231 e. The van der Waals surface area contributed by atoms with Crippen LogP contribution in [0, 0.1) is 0 Å². The van der Waals surface area contributed by atoms with Crippen LogP contribution in [0.4, 0.5) is 0 Å². The lowest BCUT2D eigenvalue weighted by Gasteiger charge is -2.12. The number of hydrogen-bond donors (Lipinski definition) is 4. The fourth-order valence-electron chi connectivity index (χ4n) is 4.76. The van der Waals surface area contributed by atoms with Gasteiger partial charge in [-0.1, -0.05) is 90.3 Å². The Kier molecular flexibility index (Phi) is 17.6. The van der Waals surface area contributed by atoms with Crippen LogP contribution in [0.15, 0.2) is 42.5 Å². The summed E-state index contributed by atoms with van der Waals surface area (Å²) < 4.78 is 23.0. The van der Waals surface area contributed by atoms with Crippen molar-refractivity contribution in [3.8, 4) is 34.5 Å². The summed E-state index contributed by atoms with van der Waals surface area (Å²) in [5.74, 6) is 2.75. The number of phenols is 4. The summed E-state index contributed by atoms with van der Waals surface area (Å²) in [5.41, 5.74) is 3.93. The summed E-state index contributed by atoms with van der Waals surface area (Å²) in [5, 5.41) is 40.1. The molecule has 0 fully saturated rings. The molecule has 1 aliphatic rings. The Morgan fingerprint density at radius 2 is 1.26 bits per heavy atom. The Balaban J connectivity index is 0.000000261. The van der Waals surface area contributed by atoms with Gasteiger partial charge < -0.3 is 29.9 Å². The predicted octanol–water partition coefficient (Wildman–Crippen LogP) is 8.47. The lowest BCUT2D eigenvalue weighted by molar-refractivity contribution is 0.174. The Morgan fingerprint density at radius 1 is 0.739 bits per heavy atom. The van der Waals surface area contributed by atoms with Crippen molar-refractivity contribution < 1.29 is 34.1 Å². The second-order valence-corrected chi connectivity index (χ2v) is 13.5. The summed E-state index contributed by atoms with van der Waals surface area (Å²) in [6.07, 6.45) is 9.77. The number of aryl methyl sites for hydroxylation is 2. The first-order valence-electron chi connectivity index (χ1n) is 15.8. The molecule has 46 heavy (non-hydrogen) atoms. The van der Waals surface area contributed by atoms with Crippen LogP contribution in [0.2, 0.25) is 0 Å².